The van der Waals surface area contributed by atoms with Gasteiger partial charge in [0.25, 0.3) is 0 Å². The summed E-state index contributed by atoms with van der Waals surface area (Å²) < 4.78 is 47.6. The fourth-order valence-corrected chi connectivity index (χ4v) is 3.52. The molecule has 11 heteroatoms. The van der Waals surface area contributed by atoms with Gasteiger partial charge in [-0.2, -0.15) is 13.2 Å². The van der Waals surface area contributed by atoms with Gasteiger partial charge < -0.3 is 4.74 Å². The van der Waals surface area contributed by atoms with Crippen LogP contribution in [-0.2, 0) is 15.2 Å². The molecule has 0 aliphatic carbocycles. The van der Waals surface area contributed by atoms with Gasteiger partial charge in [0.05, 0.1) is 11.4 Å². The van der Waals surface area contributed by atoms with E-state index in [0.29, 0.717) is 5.56 Å². The van der Waals surface area contributed by atoms with Crippen LogP contribution in [0.3, 0.4) is 0 Å². The number of nitrogens with zero attached hydrogens (tertiary/aromatic N) is 1. The lowest BCUT2D eigenvalue weighted by Crippen LogP contribution is -2.42. The van der Waals surface area contributed by atoms with Gasteiger partial charge in [-0.05, 0) is 57.2 Å². The molecule has 0 spiro atoms. The lowest BCUT2D eigenvalue weighted by Gasteiger charge is -2.28. The molecule has 2 aromatic rings. The Labute approximate surface area is 192 Å². The average Bonchev–Trinajstić information content (AvgIpc) is 3.12. The highest BCUT2D eigenvalue weighted by molar-refractivity contribution is 6.34. The normalized spacial score (nSPS) is 18.7. The second-order valence-electron chi connectivity index (χ2n) is 8.05. The second-order valence-corrected chi connectivity index (χ2v) is 8.93. The molecule has 1 aliphatic rings. The minimum atomic E-state index is -4.84. The van der Waals surface area contributed by atoms with E-state index in [9.17, 15) is 18.0 Å². The summed E-state index contributed by atoms with van der Waals surface area (Å²) in [5.41, 5.74) is -1.08. The van der Waals surface area contributed by atoms with E-state index >= 15 is 0 Å². The first kappa shape index (κ1) is 24.2. The Kier molecular flexibility index (Phi) is 6.41. The molecule has 3 N–H and O–H groups in total. The second kappa shape index (κ2) is 8.47. The minimum Gasteiger partial charge on any atom is -0.442 e. The number of anilines is 1. The van der Waals surface area contributed by atoms with Crippen molar-refractivity contribution in [1.82, 2.24) is 5.48 Å². The first-order valence-corrected chi connectivity index (χ1v) is 10.1. The van der Waals surface area contributed by atoms with Crippen LogP contribution in [0.1, 0.15) is 31.9 Å². The SMILES string of the molecule is CC(C)(C)OC(=O)N(N)c1cccc(C2=CC(c3cc(Cl)cc(Cl)c3)(C(F)(F)F)ON2)c1. The number of benzene rings is 2. The summed E-state index contributed by atoms with van der Waals surface area (Å²) in [6.07, 6.45) is -4.79. The van der Waals surface area contributed by atoms with E-state index in [0.717, 1.165) is 23.2 Å². The van der Waals surface area contributed by atoms with Gasteiger partial charge in [-0.15, -0.1) is 0 Å². The van der Waals surface area contributed by atoms with E-state index in [2.05, 4.69) is 5.48 Å². The summed E-state index contributed by atoms with van der Waals surface area (Å²) in [4.78, 5) is 17.3. The number of alkyl halides is 3. The molecule has 1 atom stereocenters. The summed E-state index contributed by atoms with van der Waals surface area (Å²) in [6.45, 7) is 5.04. The highest BCUT2D eigenvalue weighted by Crippen LogP contribution is 2.48. The number of nitrogens with one attached hydrogen (secondary N) is 1. The lowest BCUT2D eigenvalue weighted by atomic mass is 9.91. The number of carbonyl (C=O) groups excluding carboxylic acids is 1. The van der Waals surface area contributed by atoms with Crippen LogP contribution < -0.4 is 16.3 Å². The Balaban J connectivity index is 2.00. The number of hydrogen-bond donors (Lipinski definition) is 2. The Morgan fingerprint density at radius 3 is 2.31 bits per heavy atom. The van der Waals surface area contributed by atoms with Crippen molar-refractivity contribution >= 4 is 40.7 Å². The number of hydrazine groups is 1. The van der Waals surface area contributed by atoms with Crippen molar-refractivity contribution in [2.75, 3.05) is 5.01 Å². The number of rotatable bonds is 3. The van der Waals surface area contributed by atoms with Gasteiger partial charge in [0.1, 0.15) is 5.60 Å². The number of nitrogens with two attached hydrogens (primary N) is 1. The molecule has 0 radical (unpaired) electrons. The predicted octanol–water partition coefficient (Wildman–Crippen LogP) is 5.94. The van der Waals surface area contributed by atoms with E-state index < -0.39 is 23.5 Å². The maximum absolute atomic E-state index is 14.1. The Morgan fingerprint density at radius 2 is 1.75 bits per heavy atom. The quantitative estimate of drug-likeness (QED) is 0.316. The Morgan fingerprint density at radius 1 is 1.12 bits per heavy atom. The molecular weight excluding hydrogens is 470 g/mol. The standard InChI is InChI=1S/C21H20Cl2F3N3O3/c1-19(2,3)31-18(30)29(27)16-6-4-5-12(7-16)17-11-20(32-28-17,21(24,25)26)13-8-14(22)10-15(23)9-13/h4-11,28H,27H2,1-3H3. The molecule has 0 aromatic heterocycles. The van der Waals surface area contributed by atoms with Gasteiger partial charge in [-0.25, -0.2) is 15.6 Å². The molecule has 1 heterocycles. The number of carbonyl (C=O) groups is 1. The summed E-state index contributed by atoms with van der Waals surface area (Å²) in [6, 6.07) is 9.57. The zero-order valence-electron chi connectivity index (χ0n) is 17.3. The third-order valence-corrected chi connectivity index (χ3v) is 4.84. The zero-order chi connectivity index (χ0) is 23.9. The van der Waals surface area contributed by atoms with Crippen molar-refractivity contribution in [1.29, 1.82) is 0 Å². The summed E-state index contributed by atoms with van der Waals surface area (Å²) in [7, 11) is 0. The van der Waals surface area contributed by atoms with Crippen LogP contribution >= 0.6 is 23.2 Å². The van der Waals surface area contributed by atoms with Crippen LogP contribution in [0.15, 0.2) is 48.5 Å². The van der Waals surface area contributed by atoms with Gasteiger partial charge >= 0.3 is 12.3 Å². The maximum Gasteiger partial charge on any atom is 0.429 e. The largest absolute Gasteiger partial charge is 0.442 e. The van der Waals surface area contributed by atoms with E-state index in [1.165, 1.54) is 30.3 Å². The van der Waals surface area contributed by atoms with Gasteiger partial charge in [-0.1, -0.05) is 35.3 Å². The molecule has 0 saturated carbocycles. The number of halogens is 5. The number of hydroxylamine groups is 1. The summed E-state index contributed by atoms with van der Waals surface area (Å²) in [5.74, 6) is 5.84. The molecule has 172 valence electrons. The molecule has 2 aromatic carbocycles. The summed E-state index contributed by atoms with van der Waals surface area (Å²) >= 11 is 11.8. The van der Waals surface area contributed by atoms with Crippen molar-refractivity contribution in [3.63, 3.8) is 0 Å². The van der Waals surface area contributed by atoms with Gasteiger partial charge in [0.15, 0.2) is 0 Å². The lowest BCUT2D eigenvalue weighted by molar-refractivity contribution is -0.269. The van der Waals surface area contributed by atoms with Gasteiger partial charge in [0, 0.05) is 21.2 Å². The third kappa shape index (κ3) is 4.96. The third-order valence-electron chi connectivity index (χ3n) is 4.41. The average molecular weight is 490 g/mol. The van der Waals surface area contributed by atoms with E-state index in [-0.39, 0.29) is 27.0 Å². The molecule has 0 bridgehead atoms. The molecule has 3 rings (SSSR count). The van der Waals surface area contributed by atoms with Crippen LogP contribution in [0.5, 0.6) is 0 Å². The Bertz CT molecular complexity index is 1050. The first-order chi connectivity index (χ1) is 14.7. The van der Waals surface area contributed by atoms with Crippen LogP contribution in [0, 0.1) is 0 Å². The van der Waals surface area contributed by atoms with Crippen LogP contribution in [-0.4, -0.2) is 17.9 Å². The highest BCUT2D eigenvalue weighted by atomic mass is 35.5. The van der Waals surface area contributed by atoms with Crippen LogP contribution in [0.25, 0.3) is 5.70 Å². The molecule has 1 aliphatic heterocycles. The monoisotopic (exact) mass is 489 g/mol. The molecular formula is C21H20Cl2F3N3O3. The smallest absolute Gasteiger partial charge is 0.429 e. The maximum atomic E-state index is 14.1. The zero-order valence-corrected chi connectivity index (χ0v) is 18.8. The topological polar surface area (TPSA) is 76.8 Å². The van der Waals surface area contributed by atoms with Gasteiger partial charge in [-0.3, -0.25) is 10.3 Å². The van der Waals surface area contributed by atoms with Crippen LogP contribution in [0.4, 0.5) is 23.7 Å². The molecule has 1 amide bonds. The van der Waals surface area contributed by atoms with Gasteiger partial charge in [0.2, 0.25) is 5.60 Å². The molecule has 6 nitrogen and oxygen atoms in total. The van der Waals surface area contributed by atoms with Crippen LogP contribution in [0.2, 0.25) is 10.0 Å². The van der Waals surface area contributed by atoms with Crippen molar-refractivity contribution in [3.05, 3.63) is 69.7 Å². The van der Waals surface area contributed by atoms with Crippen molar-refractivity contribution in [3.8, 4) is 0 Å². The van der Waals surface area contributed by atoms with E-state index in [1.807, 2.05) is 0 Å². The van der Waals surface area contributed by atoms with Crippen molar-refractivity contribution < 1.29 is 27.5 Å². The molecule has 32 heavy (non-hydrogen) atoms. The number of ether oxygens (including phenoxy) is 1. The molecule has 0 fully saturated rings. The van der Waals surface area contributed by atoms with Crippen molar-refractivity contribution in [2.24, 2.45) is 5.84 Å². The fraction of sp³-hybridized carbons (Fsp3) is 0.286. The predicted molar refractivity (Wildman–Crippen MR) is 116 cm³/mol. The Hall–Kier alpha value is -2.46. The highest BCUT2D eigenvalue weighted by Gasteiger charge is 2.59. The molecule has 1 unspecified atom stereocenters. The van der Waals surface area contributed by atoms with E-state index in [1.54, 1.807) is 20.8 Å². The van der Waals surface area contributed by atoms with Crippen molar-refractivity contribution in [2.45, 2.75) is 38.1 Å². The summed E-state index contributed by atoms with van der Waals surface area (Å²) in [5, 5.41) is 0.818. The fourth-order valence-electron chi connectivity index (χ4n) is 2.99. The molecule has 0 saturated heterocycles. The number of amides is 1. The first-order valence-electron chi connectivity index (χ1n) is 9.30. The number of hydrogen-bond acceptors (Lipinski definition) is 5. The minimum absolute atomic E-state index is 0.0119. The van der Waals surface area contributed by atoms with E-state index in [4.69, 9.17) is 38.6 Å².